The number of allylic oxidation sites excluding steroid dienone is 1. The molecule has 0 fully saturated rings. The van der Waals surface area contributed by atoms with E-state index in [1.54, 1.807) is 7.11 Å². The number of hydrogen-bond donors (Lipinski definition) is 1. The van der Waals surface area contributed by atoms with Crippen LogP contribution in [0.15, 0.2) is 12.3 Å². The van der Waals surface area contributed by atoms with Gasteiger partial charge < -0.3 is 10.1 Å². The van der Waals surface area contributed by atoms with Crippen molar-refractivity contribution in [3.63, 3.8) is 0 Å². The van der Waals surface area contributed by atoms with Crippen LogP contribution < -0.4 is 5.32 Å². The van der Waals surface area contributed by atoms with Crippen molar-refractivity contribution in [1.29, 1.82) is 0 Å². The summed E-state index contributed by atoms with van der Waals surface area (Å²) < 4.78 is 4.87. The standard InChI is InChI=1S/C7H15NO/c1-7(9-3)5-4-6-8-2/h8H,1,4-6H2,2-3H3. The average Bonchev–Trinajstić information content (AvgIpc) is 1.89. The Hall–Kier alpha value is -0.500. The van der Waals surface area contributed by atoms with Crippen LogP contribution >= 0.6 is 0 Å². The maximum atomic E-state index is 4.87. The van der Waals surface area contributed by atoms with Gasteiger partial charge >= 0.3 is 0 Å². The van der Waals surface area contributed by atoms with E-state index in [1.807, 2.05) is 7.05 Å². The highest BCUT2D eigenvalue weighted by atomic mass is 16.5. The van der Waals surface area contributed by atoms with Crippen LogP contribution in [0.4, 0.5) is 0 Å². The molecule has 0 radical (unpaired) electrons. The van der Waals surface area contributed by atoms with E-state index in [2.05, 4.69) is 11.9 Å². The SMILES string of the molecule is C=C(CCCNC)OC. The molecule has 0 spiro atoms. The second kappa shape index (κ2) is 5.63. The Morgan fingerprint density at radius 2 is 2.33 bits per heavy atom. The Bertz CT molecular complexity index is 81.0. The third kappa shape index (κ3) is 5.37. The van der Waals surface area contributed by atoms with E-state index in [9.17, 15) is 0 Å². The second-order valence-electron chi connectivity index (χ2n) is 1.95. The summed E-state index contributed by atoms with van der Waals surface area (Å²) in [4.78, 5) is 0. The van der Waals surface area contributed by atoms with Crippen LogP contribution in [-0.4, -0.2) is 20.7 Å². The van der Waals surface area contributed by atoms with Crippen molar-refractivity contribution in [3.05, 3.63) is 12.3 Å². The molecule has 0 aromatic rings. The maximum Gasteiger partial charge on any atom is 0.0884 e. The first-order chi connectivity index (χ1) is 4.31. The number of ether oxygens (including phenoxy) is 1. The molecule has 1 N–H and O–H groups in total. The predicted octanol–water partition coefficient (Wildman–Crippen LogP) is 1.15. The van der Waals surface area contributed by atoms with Gasteiger partial charge in [-0.25, -0.2) is 0 Å². The molecule has 0 aromatic carbocycles. The molecule has 54 valence electrons. The molecule has 0 aliphatic carbocycles. The third-order valence-corrected chi connectivity index (χ3v) is 1.17. The predicted molar refractivity (Wildman–Crippen MR) is 39.3 cm³/mol. The highest BCUT2D eigenvalue weighted by Crippen LogP contribution is 2.00. The van der Waals surface area contributed by atoms with Crippen LogP contribution in [-0.2, 0) is 4.74 Å². The summed E-state index contributed by atoms with van der Waals surface area (Å²) >= 11 is 0. The second-order valence-corrected chi connectivity index (χ2v) is 1.95. The van der Waals surface area contributed by atoms with E-state index in [-0.39, 0.29) is 0 Å². The van der Waals surface area contributed by atoms with Crippen LogP contribution in [0.3, 0.4) is 0 Å². The van der Waals surface area contributed by atoms with E-state index in [4.69, 9.17) is 4.74 Å². The molecular formula is C7H15NO. The molecule has 9 heavy (non-hydrogen) atoms. The Kier molecular flexibility index (Phi) is 5.32. The van der Waals surface area contributed by atoms with Crippen LogP contribution in [0.25, 0.3) is 0 Å². The van der Waals surface area contributed by atoms with Crippen molar-refractivity contribution in [3.8, 4) is 0 Å². The fourth-order valence-corrected chi connectivity index (χ4v) is 0.564. The van der Waals surface area contributed by atoms with E-state index in [0.717, 1.165) is 25.1 Å². The van der Waals surface area contributed by atoms with Crippen LogP contribution in [0.1, 0.15) is 12.8 Å². The van der Waals surface area contributed by atoms with Gasteiger partial charge in [0.05, 0.1) is 12.9 Å². The average molecular weight is 129 g/mol. The van der Waals surface area contributed by atoms with Gasteiger partial charge in [0.2, 0.25) is 0 Å². The zero-order valence-electron chi connectivity index (χ0n) is 6.24. The van der Waals surface area contributed by atoms with Gasteiger partial charge in [-0.2, -0.15) is 0 Å². The van der Waals surface area contributed by atoms with E-state index in [1.165, 1.54) is 0 Å². The molecule has 0 rings (SSSR count). The lowest BCUT2D eigenvalue weighted by atomic mass is 10.3. The van der Waals surface area contributed by atoms with Crippen molar-refractivity contribution < 1.29 is 4.74 Å². The quantitative estimate of drug-likeness (QED) is 0.444. The Morgan fingerprint density at radius 3 is 2.78 bits per heavy atom. The summed E-state index contributed by atoms with van der Waals surface area (Å²) in [5.41, 5.74) is 0. The largest absolute Gasteiger partial charge is 0.502 e. The van der Waals surface area contributed by atoms with Gasteiger partial charge in [-0.05, 0) is 20.0 Å². The molecule has 0 unspecified atom stereocenters. The van der Waals surface area contributed by atoms with Crippen molar-refractivity contribution in [2.24, 2.45) is 0 Å². The number of hydrogen-bond acceptors (Lipinski definition) is 2. The smallest absolute Gasteiger partial charge is 0.0884 e. The van der Waals surface area contributed by atoms with E-state index < -0.39 is 0 Å². The van der Waals surface area contributed by atoms with Crippen LogP contribution in [0.5, 0.6) is 0 Å². The zero-order chi connectivity index (χ0) is 7.11. The molecule has 2 heteroatoms. The molecule has 0 aromatic heterocycles. The minimum atomic E-state index is 0.866. The highest BCUT2D eigenvalue weighted by Gasteiger charge is 1.89. The molecule has 0 heterocycles. The molecule has 2 nitrogen and oxygen atoms in total. The number of nitrogens with one attached hydrogen (secondary N) is 1. The van der Waals surface area contributed by atoms with E-state index >= 15 is 0 Å². The Labute approximate surface area is 56.9 Å². The first-order valence-corrected chi connectivity index (χ1v) is 3.17. The van der Waals surface area contributed by atoms with Gasteiger partial charge in [-0.1, -0.05) is 6.58 Å². The van der Waals surface area contributed by atoms with Gasteiger partial charge in [0.25, 0.3) is 0 Å². The Balaban J connectivity index is 2.97. The first kappa shape index (κ1) is 8.50. The van der Waals surface area contributed by atoms with Gasteiger partial charge in [-0.15, -0.1) is 0 Å². The van der Waals surface area contributed by atoms with E-state index in [0.29, 0.717) is 0 Å². The fraction of sp³-hybridized carbons (Fsp3) is 0.714. The summed E-state index contributed by atoms with van der Waals surface area (Å²) in [6.45, 7) is 4.73. The van der Waals surface area contributed by atoms with Crippen molar-refractivity contribution in [2.45, 2.75) is 12.8 Å². The molecule has 0 saturated heterocycles. The van der Waals surface area contributed by atoms with Crippen molar-refractivity contribution in [1.82, 2.24) is 5.32 Å². The lowest BCUT2D eigenvalue weighted by Crippen LogP contribution is -2.07. The monoisotopic (exact) mass is 129 g/mol. The molecule has 0 atom stereocenters. The van der Waals surface area contributed by atoms with Gasteiger partial charge in [0.15, 0.2) is 0 Å². The molecule has 0 aliphatic heterocycles. The minimum absolute atomic E-state index is 0.866. The van der Waals surface area contributed by atoms with Crippen molar-refractivity contribution >= 4 is 0 Å². The maximum absolute atomic E-state index is 4.87. The summed E-state index contributed by atoms with van der Waals surface area (Å²) in [6.07, 6.45) is 2.06. The molecule has 0 aliphatic rings. The topological polar surface area (TPSA) is 21.3 Å². The Morgan fingerprint density at radius 1 is 1.67 bits per heavy atom. The summed E-state index contributed by atoms with van der Waals surface area (Å²) in [5, 5.41) is 3.05. The molecular weight excluding hydrogens is 114 g/mol. The summed E-state index contributed by atoms with van der Waals surface area (Å²) in [7, 11) is 3.59. The lowest BCUT2D eigenvalue weighted by Gasteiger charge is -2.01. The normalized spacial score (nSPS) is 9.11. The molecule has 0 saturated carbocycles. The van der Waals surface area contributed by atoms with Crippen molar-refractivity contribution in [2.75, 3.05) is 20.7 Å². The fourth-order valence-electron chi connectivity index (χ4n) is 0.564. The molecule has 0 amide bonds. The molecule has 0 bridgehead atoms. The minimum Gasteiger partial charge on any atom is -0.502 e. The van der Waals surface area contributed by atoms with Gasteiger partial charge in [0.1, 0.15) is 0 Å². The highest BCUT2D eigenvalue weighted by molar-refractivity contribution is 4.80. The lowest BCUT2D eigenvalue weighted by molar-refractivity contribution is 0.277. The first-order valence-electron chi connectivity index (χ1n) is 3.17. The van der Waals surface area contributed by atoms with Gasteiger partial charge in [0, 0.05) is 6.42 Å². The van der Waals surface area contributed by atoms with Crippen LogP contribution in [0, 0.1) is 0 Å². The van der Waals surface area contributed by atoms with Crippen LogP contribution in [0.2, 0.25) is 0 Å². The number of rotatable bonds is 5. The summed E-state index contributed by atoms with van der Waals surface area (Å²) in [5.74, 6) is 0.866. The zero-order valence-corrected chi connectivity index (χ0v) is 6.24. The number of methoxy groups -OCH3 is 1. The third-order valence-electron chi connectivity index (χ3n) is 1.17. The van der Waals surface area contributed by atoms with Gasteiger partial charge in [-0.3, -0.25) is 0 Å². The summed E-state index contributed by atoms with van der Waals surface area (Å²) in [6, 6.07) is 0.